The van der Waals surface area contributed by atoms with E-state index in [1.807, 2.05) is 6.07 Å². The fraction of sp³-hybridized carbons (Fsp3) is 0.188. The molecule has 0 unspecified atom stereocenters. The number of rotatable bonds is 4. The lowest BCUT2D eigenvalue weighted by molar-refractivity contribution is 0.617. The molecular weight excluding hydrogens is 352 g/mol. The van der Waals surface area contributed by atoms with Gasteiger partial charge in [-0.05, 0) is 51.3 Å². The molecule has 0 heterocycles. The minimum atomic E-state index is -0.298. The van der Waals surface area contributed by atoms with Crippen LogP contribution in [0.25, 0.3) is 0 Å². The first-order valence-corrected chi connectivity index (χ1v) is 7.50. The van der Waals surface area contributed by atoms with Gasteiger partial charge in [0.15, 0.2) is 5.96 Å². The predicted molar refractivity (Wildman–Crippen MR) is 87.5 cm³/mol. The number of nitrogens with one attached hydrogen (secondary N) is 2. The first kappa shape index (κ1) is 16.4. The lowest BCUT2D eigenvalue weighted by Gasteiger charge is -2.12. The molecule has 0 bridgehead atoms. The molecule has 2 N–H and O–H groups in total. The van der Waals surface area contributed by atoms with Crippen molar-refractivity contribution < 1.29 is 8.78 Å². The molecule has 0 spiro atoms. The molecule has 116 valence electrons. The molecule has 0 aromatic heterocycles. The average Bonchev–Trinajstić information content (AvgIpc) is 2.52. The van der Waals surface area contributed by atoms with Gasteiger partial charge in [-0.2, -0.15) is 0 Å². The van der Waals surface area contributed by atoms with Crippen molar-refractivity contribution in [3.63, 3.8) is 0 Å². The highest BCUT2D eigenvalue weighted by atomic mass is 79.9. The van der Waals surface area contributed by atoms with E-state index in [2.05, 4.69) is 31.6 Å². The van der Waals surface area contributed by atoms with Gasteiger partial charge < -0.3 is 10.6 Å². The highest BCUT2D eigenvalue weighted by Gasteiger charge is 2.03. The van der Waals surface area contributed by atoms with E-state index < -0.39 is 0 Å². The highest BCUT2D eigenvalue weighted by molar-refractivity contribution is 9.10. The molecule has 0 aliphatic rings. The van der Waals surface area contributed by atoms with Crippen LogP contribution in [0.3, 0.4) is 0 Å². The van der Waals surface area contributed by atoms with E-state index in [1.165, 1.54) is 18.2 Å². The van der Waals surface area contributed by atoms with Crippen LogP contribution in [0.5, 0.6) is 0 Å². The van der Waals surface area contributed by atoms with Gasteiger partial charge in [0.1, 0.15) is 11.6 Å². The van der Waals surface area contributed by atoms with Crippen molar-refractivity contribution in [1.29, 1.82) is 0 Å². The lowest BCUT2D eigenvalue weighted by atomic mass is 10.2. The van der Waals surface area contributed by atoms with E-state index in [9.17, 15) is 8.78 Å². The van der Waals surface area contributed by atoms with Crippen molar-refractivity contribution in [1.82, 2.24) is 10.6 Å². The Morgan fingerprint density at radius 3 is 2.18 bits per heavy atom. The monoisotopic (exact) mass is 367 g/mol. The van der Waals surface area contributed by atoms with Crippen molar-refractivity contribution >= 4 is 21.9 Å². The Bertz CT molecular complexity index is 657. The quantitative estimate of drug-likeness (QED) is 0.639. The maximum atomic E-state index is 13.4. The molecule has 0 aliphatic heterocycles. The van der Waals surface area contributed by atoms with Crippen LogP contribution in [0, 0.1) is 11.6 Å². The van der Waals surface area contributed by atoms with Crippen LogP contribution in [0.1, 0.15) is 11.1 Å². The Morgan fingerprint density at radius 2 is 1.59 bits per heavy atom. The van der Waals surface area contributed by atoms with Crippen molar-refractivity contribution in [2.45, 2.75) is 13.1 Å². The zero-order valence-corrected chi connectivity index (χ0v) is 13.6. The van der Waals surface area contributed by atoms with E-state index in [1.54, 1.807) is 25.2 Å². The van der Waals surface area contributed by atoms with Gasteiger partial charge in [0, 0.05) is 20.1 Å². The molecule has 3 nitrogen and oxygen atoms in total. The van der Waals surface area contributed by atoms with Crippen LogP contribution < -0.4 is 10.6 Å². The number of guanidine groups is 1. The molecule has 0 saturated heterocycles. The third-order valence-corrected chi connectivity index (χ3v) is 3.68. The molecule has 6 heteroatoms. The zero-order valence-electron chi connectivity index (χ0n) is 12.0. The van der Waals surface area contributed by atoms with E-state index in [0.717, 1.165) is 11.1 Å². The molecule has 0 amide bonds. The molecular formula is C16H16BrF2N3. The summed E-state index contributed by atoms with van der Waals surface area (Å²) in [6, 6.07) is 11.2. The van der Waals surface area contributed by atoms with Crippen LogP contribution in [0.2, 0.25) is 0 Å². The van der Waals surface area contributed by atoms with Gasteiger partial charge in [-0.25, -0.2) is 8.78 Å². The lowest BCUT2D eigenvalue weighted by Crippen LogP contribution is -2.36. The fourth-order valence-corrected chi connectivity index (χ4v) is 2.09. The fourth-order valence-electron chi connectivity index (χ4n) is 1.84. The third kappa shape index (κ3) is 4.80. The van der Waals surface area contributed by atoms with Crippen molar-refractivity contribution in [2.75, 3.05) is 7.05 Å². The summed E-state index contributed by atoms with van der Waals surface area (Å²) in [4.78, 5) is 4.09. The standard InChI is InChI=1S/C16H16BrF2N3/c1-20-16(21-9-11-2-5-13(18)6-3-11)22-10-12-4-7-14(17)15(19)8-12/h2-8H,9-10H2,1H3,(H2,20,21,22). The summed E-state index contributed by atoms with van der Waals surface area (Å²) in [5.74, 6) is 0.0322. The summed E-state index contributed by atoms with van der Waals surface area (Å²) < 4.78 is 26.7. The Hall–Kier alpha value is -1.95. The van der Waals surface area contributed by atoms with Crippen LogP contribution in [0.4, 0.5) is 8.78 Å². The Balaban J connectivity index is 1.87. The van der Waals surface area contributed by atoms with Gasteiger partial charge in [-0.15, -0.1) is 0 Å². The van der Waals surface area contributed by atoms with Gasteiger partial charge >= 0.3 is 0 Å². The van der Waals surface area contributed by atoms with Crippen LogP contribution in [0.15, 0.2) is 51.9 Å². The number of halogens is 3. The molecule has 0 radical (unpaired) electrons. The average molecular weight is 368 g/mol. The Morgan fingerprint density at radius 1 is 1.00 bits per heavy atom. The maximum Gasteiger partial charge on any atom is 0.191 e. The summed E-state index contributed by atoms with van der Waals surface area (Å²) in [7, 11) is 1.65. The molecule has 0 saturated carbocycles. The SMILES string of the molecule is CN=C(NCc1ccc(F)cc1)NCc1ccc(Br)c(F)c1. The first-order valence-electron chi connectivity index (χ1n) is 6.71. The molecule has 22 heavy (non-hydrogen) atoms. The molecule has 0 atom stereocenters. The Kier molecular flexibility index (Phi) is 5.89. The van der Waals surface area contributed by atoms with E-state index in [-0.39, 0.29) is 11.6 Å². The first-order chi connectivity index (χ1) is 10.6. The molecule has 0 fully saturated rings. The van der Waals surface area contributed by atoms with E-state index in [0.29, 0.717) is 23.5 Å². The number of nitrogens with zero attached hydrogens (tertiary/aromatic N) is 1. The van der Waals surface area contributed by atoms with E-state index >= 15 is 0 Å². The topological polar surface area (TPSA) is 36.4 Å². The molecule has 0 aliphatic carbocycles. The summed E-state index contributed by atoms with van der Waals surface area (Å²) in [6.07, 6.45) is 0. The second-order valence-corrected chi connectivity index (χ2v) is 5.51. The van der Waals surface area contributed by atoms with Gasteiger partial charge in [0.05, 0.1) is 4.47 Å². The van der Waals surface area contributed by atoms with Gasteiger partial charge in [-0.3, -0.25) is 4.99 Å². The van der Waals surface area contributed by atoms with Crippen LogP contribution in [-0.4, -0.2) is 13.0 Å². The number of hydrogen-bond donors (Lipinski definition) is 2. The van der Waals surface area contributed by atoms with Crippen LogP contribution in [-0.2, 0) is 13.1 Å². The van der Waals surface area contributed by atoms with Gasteiger partial charge in [0.25, 0.3) is 0 Å². The van der Waals surface area contributed by atoms with Gasteiger partial charge in [0.2, 0.25) is 0 Å². The van der Waals surface area contributed by atoms with E-state index in [4.69, 9.17) is 0 Å². The minimum Gasteiger partial charge on any atom is -0.352 e. The maximum absolute atomic E-state index is 13.4. The predicted octanol–water partition coefficient (Wildman–Crippen LogP) is 3.59. The normalized spacial score (nSPS) is 11.4. The summed E-state index contributed by atoms with van der Waals surface area (Å²) >= 11 is 3.12. The number of hydrogen-bond acceptors (Lipinski definition) is 1. The number of benzene rings is 2. The zero-order chi connectivity index (χ0) is 15.9. The second-order valence-electron chi connectivity index (χ2n) is 4.65. The van der Waals surface area contributed by atoms with Crippen molar-refractivity contribution in [2.24, 2.45) is 4.99 Å². The summed E-state index contributed by atoms with van der Waals surface area (Å²) in [5, 5.41) is 6.21. The smallest absolute Gasteiger partial charge is 0.191 e. The third-order valence-electron chi connectivity index (χ3n) is 3.04. The molecule has 2 aromatic rings. The molecule has 2 aromatic carbocycles. The summed E-state index contributed by atoms with van der Waals surface area (Å²) in [6.45, 7) is 0.974. The Labute approximate surface area is 136 Å². The summed E-state index contributed by atoms with van der Waals surface area (Å²) in [5.41, 5.74) is 1.75. The highest BCUT2D eigenvalue weighted by Crippen LogP contribution is 2.16. The molecule has 2 rings (SSSR count). The van der Waals surface area contributed by atoms with Gasteiger partial charge in [-0.1, -0.05) is 18.2 Å². The largest absolute Gasteiger partial charge is 0.352 e. The minimum absolute atomic E-state index is 0.261. The second kappa shape index (κ2) is 7.89. The number of aliphatic imine (C=N–C) groups is 1. The van der Waals surface area contributed by atoms with Crippen molar-refractivity contribution in [3.8, 4) is 0 Å². The van der Waals surface area contributed by atoms with Crippen LogP contribution >= 0.6 is 15.9 Å². The van der Waals surface area contributed by atoms with Crippen molar-refractivity contribution in [3.05, 3.63) is 69.7 Å².